The van der Waals surface area contributed by atoms with Crippen molar-refractivity contribution >= 4 is 23.3 Å². The Bertz CT molecular complexity index is 732. The number of amides is 1. The predicted octanol–water partition coefficient (Wildman–Crippen LogP) is 2.35. The van der Waals surface area contributed by atoms with Gasteiger partial charge in [0.15, 0.2) is 11.6 Å². The zero-order valence-electron chi connectivity index (χ0n) is 13.8. The summed E-state index contributed by atoms with van der Waals surface area (Å²) in [4.78, 5) is 36.4. The number of Topliss-reactive ketones (excluding diaryl/α,β-unsaturated/α-hetero) is 2. The van der Waals surface area contributed by atoms with E-state index in [1.807, 2.05) is 44.2 Å². The van der Waals surface area contributed by atoms with E-state index in [4.69, 9.17) is 0 Å². The Morgan fingerprint density at radius 1 is 1.21 bits per heavy atom. The molecule has 0 radical (unpaired) electrons. The topological polar surface area (TPSA) is 85.5 Å². The Balaban J connectivity index is 2.11. The lowest BCUT2D eigenvalue weighted by molar-refractivity contribution is -0.127. The SMILES string of the molecule is CC1(C)CC(=O)C(=CC(=C=[N-])C(=O)NCc2ccccc2)C(=O)C1. The van der Waals surface area contributed by atoms with Gasteiger partial charge in [0.05, 0.1) is 11.1 Å². The van der Waals surface area contributed by atoms with E-state index in [1.165, 1.54) is 0 Å². The second-order valence-electron chi connectivity index (χ2n) is 6.62. The molecule has 0 aromatic heterocycles. The molecule has 1 amide bonds. The van der Waals surface area contributed by atoms with Crippen molar-refractivity contribution in [3.8, 4) is 0 Å². The lowest BCUT2D eigenvalue weighted by Gasteiger charge is -2.28. The summed E-state index contributed by atoms with van der Waals surface area (Å²) in [5.41, 5.74) is 0.221. The molecule has 0 unspecified atom stereocenters. The molecular weight excluding hydrogens is 304 g/mol. The number of benzene rings is 1. The first kappa shape index (κ1) is 17.6. The van der Waals surface area contributed by atoms with Crippen molar-refractivity contribution in [2.75, 3.05) is 0 Å². The summed E-state index contributed by atoms with van der Waals surface area (Å²) in [6.45, 7) is 3.96. The Morgan fingerprint density at radius 2 is 1.79 bits per heavy atom. The van der Waals surface area contributed by atoms with Crippen LogP contribution in [-0.4, -0.2) is 23.3 Å². The van der Waals surface area contributed by atoms with E-state index in [0.717, 1.165) is 11.6 Å². The zero-order chi connectivity index (χ0) is 17.7. The summed E-state index contributed by atoms with van der Waals surface area (Å²) in [5.74, 6) is 0.534. The highest BCUT2D eigenvalue weighted by Gasteiger charge is 2.35. The van der Waals surface area contributed by atoms with Gasteiger partial charge in [-0.2, -0.15) is 0 Å². The minimum atomic E-state index is -0.598. The van der Waals surface area contributed by atoms with Crippen molar-refractivity contribution < 1.29 is 14.4 Å². The average molecular weight is 323 g/mol. The van der Waals surface area contributed by atoms with Crippen molar-refractivity contribution in [1.29, 1.82) is 0 Å². The highest BCUT2D eigenvalue weighted by molar-refractivity contribution is 6.23. The van der Waals surface area contributed by atoms with E-state index in [0.29, 0.717) is 0 Å². The first-order valence-corrected chi connectivity index (χ1v) is 7.70. The maximum Gasteiger partial charge on any atom is 0.257 e. The van der Waals surface area contributed by atoms with Gasteiger partial charge in [0, 0.05) is 19.4 Å². The van der Waals surface area contributed by atoms with E-state index < -0.39 is 5.91 Å². The van der Waals surface area contributed by atoms with Crippen molar-refractivity contribution in [2.24, 2.45) is 5.41 Å². The van der Waals surface area contributed by atoms with Crippen LogP contribution in [0.15, 0.2) is 47.6 Å². The van der Waals surface area contributed by atoms with Crippen molar-refractivity contribution in [3.63, 3.8) is 0 Å². The molecule has 24 heavy (non-hydrogen) atoms. The molecular formula is C19H19N2O3-. The molecule has 0 saturated heterocycles. The Labute approximate surface area is 141 Å². The third kappa shape index (κ3) is 4.37. The molecule has 0 bridgehead atoms. The molecule has 1 saturated carbocycles. The first-order valence-electron chi connectivity index (χ1n) is 7.70. The number of carbonyl (C=O) groups is 3. The standard InChI is InChI=1S/C19H19N2O3/c1-19(2)9-16(22)15(17(23)10-19)8-14(11-20)18(24)21-12-13-6-4-3-5-7-13/h3-8H,9-10,12H2,1-2H3,(H,21,24)/q-1. The Morgan fingerprint density at radius 3 is 2.33 bits per heavy atom. The number of ketones is 2. The highest BCUT2D eigenvalue weighted by atomic mass is 16.2. The van der Waals surface area contributed by atoms with E-state index in [-0.39, 0.29) is 47.5 Å². The molecule has 124 valence electrons. The second kappa shape index (κ2) is 7.20. The summed E-state index contributed by atoms with van der Waals surface area (Å²) in [6.07, 6.45) is 1.59. The van der Waals surface area contributed by atoms with E-state index >= 15 is 0 Å². The molecule has 1 fully saturated rings. The van der Waals surface area contributed by atoms with Crippen LogP contribution in [0, 0.1) is 5.41 Å². The van der Waals surface area contributed by atoms with Crippen LogP contribution in [0.25, 0.3) is 5.41 Å². The third-order valence-corrected chi connectivity index (χ3v) is 3.83. The second-order valence-corrected chi connectivity index (χ2v) is 6.62. The van der Waals surface area contributed by atoms with Crippen LogP contribution in [0.3, 0.4) is 0 Å². The fourth-order valence-electron chi connectivity index (χ4n) is 2.61. The van der Waals surface area contributed by atoms with Gasteiger partial charge in [-0.3, -0.25) is 20.3 Å². The quantitative estimate of drug-likeness (QED) is 0.524. The summed E-state index contributed by atoms with van der Waals surface area (Å²) >= 11 is 0. The van der Waals surface area contributed by atoms with Crippen LogP contribution >= 0.6 is 0 Å². The number of nitrogens with one attached hydrogen (secondary N) is 1. The smallest absolute Gasteiger partial charge is 0.257 e. The maximum absolute atomic E-state index is 12.1. The third-order valence-electron chi connectivity index (χ3n) is 3.83. The monoisotopic (exact) mass is 323 g/mol. The predicted molar refractivity (Wildman–Crippen MR) is 91.3 cm³/mol. The van der Waals surface area contributed by atoms with Gasteiger partial charge < -0.3 is 10.7 Å². The normalized spacial score (nSPS) is 16.3. The molecule has 5 heteroatoms. The lowest BCUT2D eigenvalue weighted by Crippen LogP contribution is -2.32. The van der Waals surface area contributed by atoms with Gasteiger partial charge in [-0.05, 0) is 17.1 Å². The Kier molecular flexibility index (Phi) is 5.27. The van der Waals surface area contributed by atoms with Crippen molar-refractivity contribution in [3.05, 3.63) is 58.5 Å². The highest BCUT2D eigenvalue weighted by Crippen LogP contribution is 2.33. The average Bonchev–Trinajstić information content (AvgIpc) is 2.52. The molecule has 2 rings (SSSR count). The van der Waals surface area contributed by atoms with Gasteiger partial charge in [-0.1, -0.05) is 44.2 Å². The molecule has 0 spiro atoms. The number of carbonyl (C=O) groups excluding carboxylic acids is 3. The van der Waals surface area contributed by atoms with Crippen LogP contribution in [0.1, 0.15) is 32.3 Å². The van der Waals surface area contributed by atoms with Gasteiger partial charge in [0.25, 0.3) is 5.91 Å². The van der Waals surface area contributed by atoms with Crippen LogP contribution in [0.4, 0.5) is 0 Å². The molecule has 1 aliphatic rings. The van der Waals surface area contributed by atoms with E-state index in [1.54, 1.807) is 5.87 Å². The maximum atomic E-state index is 12.1. The fraction of sp³-hybridized carbons (Fsp3) is 0.316. The molecule has 0 aliphatic heterocycles. The number of hydrogen-bond donors (Lipinski definition) is 1. The molecule has 1 aromatic rings. The van der Waals surface area contributed by atoms with Crippen LogP contribution in [0.2, 0.25) is 0 Å². The summed E-state index contributed by atoms with van der Waals surface area (Å²) in [5, 5.41) is 11.8. The first-order chi connectivity index (χ1) is 11.3. The molecule has 0 atom stereocenters. The minimum Gasteiger partial charge on any atom is -0.763 e. The molecule has 0 heterocycles. The number of allylic oxidation sites excluding steroid dienone is 1. The molecule has 1 aromatic carbocycles. The number of nitrogens with zero attached hydrogens (tertiary/aromatic N) is 1. The largest absolute Gasteiger partial charge is 0.763 e. The van der Waals surface area contributed by atoms with Gasteiger partial charge in [0.1, 0.15) is 0 Å². The van der Waals surface area contributed by atoms with E-state index in [2.05, 4.69) is 5.32 Å². The number of rotatable bonds is 4. The molecule has 1 N–H and O–H groups in total. The fourth-order valence-corrected chi connectivity index (χ4v) is 2.61. The molecule has 1 aliphatic carbocycles. The van der Waals surface area contributed by atoms with Gasteiger partial charge >= 0.3 is 0 Å². The van der Waals surface area contributed by atoms with Crippen LogP contribution < -0.4 is 5.32 Å². The van der Waals surface area contributed by atoms with Crippen LogP contribution in [0.5, 0.6) is 0 Å². The van der Waals surface area contributed by atoms with Gasteiger partial charge in [-0.25, -0.2) is 0 Å². The van der Waals surface area contributed by atoms with Crippen molar-refractivity contribution in [1.82, 2.24) is 5.32 Å². The van der Waals surface area contributed by atoms with E-state index in [9.17, 15) is 19.8 Å². The zero-order valence-corrected chi connectivity index (χ0v) is 13.8. The van der Waals surface area contributed by atoms with Crippen LogP contribution in [-0.2, 0) is 20.9 Å². The lowest BCUT2D eigenvalue weighted by atomic mass is 9.74. The van der Waals surface area contributed by atoms with Crippen molar-refractivity contribution in [2.45, 2.75) is 33.2 Å². The summed E-state index contributed by atoms with van der Waals surface area (Å²) < 4.78 is 0. The number of hydrogen-bond acceptors (Lipinski definition) is 3. The van der Waals surface area contributed by atoms with Gasteiger partial charge in [-0.15, -0.1) is 0 Å². The minimum absolute atomic E-state index is 0.0549. The molecule has 5 nitrogen and oxygen atoms in total. The summed E-state index contributed by atoms with van der Waals surface area (Å²) in [7, 11) is 0. The van der Waals surface area contributed by atoms with Gasteiger partial charge in [0.2, 0.25) is 0 Å². The summed E-state index contributed by atoms with van der Waals surface area (Å²) in [6, 6.07) is 9.26. The Hall–Kier alpha value is -2.78.